The van der Waals surface area contributed by atoms with Crippen LogP contribution >= 0.6 is 0 Å². The van der Waals surface area contributed by atoms with Crippen molar-refractivity contribution in [3.8, 4) is 0 Å². The summed E-state index contributed by atoms with van der Waals surface area (Å²) in [5, 5.41) is 0.551. The summed E-state index contributed by atoms with van der Waals surface area (Å²) in [5.74, 6) is 0. The number of rotatable bonds is 4. The molecule has 0 amide bonds. The summed E-state index contributed by atoms with van der Waals surface area (Å²) < 4.78 is 12.1. The highest BCUT2D eigenvalue weighted by Gasteiger charge is 1.93. The molecule has 0 bridgehead atoms. The van der Waals surface area contributed by atoms with Crippen LogP contribution in [0.5, 0.6) is 0 Å². The largest absolute Gasteiger partial charge is 0.273 e. The molecule has 3 heteroatoms. The molecular weight excluding hydrogens is 131 g/mol. The fraction of sp³-hybridized carbons (Fsp3) is 0.286. The zero-order valence-corrected chi connectivity index (χ0v) is 6.05. The van der Waals surface area contributed by atoms with E-state index in [0.717, 1.165) is 0 Å². The van der Waals surface area contributed by atoms with Crippen molar-refractivity contribution in [2.45, 2.75) is 0 Å². The molecule has 0 N–H and O–H groups in total. The van der Waals surface area contributed by atoms with Gasteiger partial charge in [0.25, 0.3) is 0 Å². The van der Waals surface area contributed by atoms with Crippen LogP contribution in [0.25, 0.3) is 0 Å². The van der Waals surface area contributed by atoms with Gasteiger partial charge in [-0.1, -0.05) is 6.58 Å². The highest BCUT2D eigenvalue weighted by Crippen LogP contribution is 1.95. The average molecular weight is 142 g/mol. The van der Waals surface area contributed by atoms with E-state index in [-0.39, 0.29) is 6.54 Å². The molecule has 0 atom stereocenters. The van der Waals surface area contributed by atoms with Crippen molar-refractivity contribution < 1.29 is 4.48 Å². The van der Waals surface area contributed by atoms with E-state index in [1.54, 1.807) is 6.08 Å². The lowest BCUT2D eigenvalue weighted by molar-refractivity contribution is 0.0740. The molecule has 0 spiro atoms. The summed E-state index contributed by atoms with van der Waals surface area (Å²) in [6, 6.07) is 0. The van der Waals surface area contributed by atoms with Crippen LogP contribution in [0.3, 0.4) is 0 Å². The monoisotopic (exact) mass is 142 g/mol. The molecule has 0 aliphatic rings. The van der Waals surface area contributed by atoms with Crippen molar-refractivity contribution in [2.24, 2.45) is 4.99 Å². The van der Waals surface area contributed by atoms with Gasteiger partial charge >= 0.3 is 0 Å². The number of hydrogen-bond donors (Lipinski definition) is 0. The van der Waals surface area contributed by atoms with Gasteiger partial charge in [0.1, 0.15) is 0 Å². The third-order valence-corrected chi connectivity index (χ3v) is 0.837. The normalized spacial score (nSPS) is 10.7. The summed E-state index contributed by atoms with van der Waals surface area (Å²) in [7, 11) is 1.33. The second-order valence-corrected chi connectivity index (χ2v) is 1.92. The van der Waals surface area contributed by atoms with E-state index in [9.17, 15) is 4.48 Å². The summed E-state index contributed by atoms with van der Waals surface area (Å²) in [5.41, 5.74) is 0.664. The van der Waals surface area contributed by atoms with E-state index in [4.69, 9.17) is 0 Å². The van der Waals surface area contributed by atoms with Crippen LogP contribution in [0.1, 0.15) is 0 Å². The smallest absolute Gasteiger partial charge is 0.0532 e. The summed E-state index contributed by atoms with van der Waals surface area (Å²) in [6.07, 6.45) is 3.09. The average Bonchev–Trinajstić information content (AvgIpc) is 1.82. The quantitative estimate of drug-likeness (QED) is 0.330. The van der Waals surface area contributed by atoms with Gasteiger partial charge in [-0.2, -0.15) is 0 Å². The molecular formula is C7H11FN2. The minimum Gasteiger partial charge on any atom is -0.273 e. The molecule has 10 heavy (non-hydrogen) atoms. The summed E-state index contributed by atoms with van der Waals surface area (Å²) in [4.78, 5) is 3.45. The SMILES string of the molecule is C=N/C=C\C(=C)CN(C)F. The Morgan fingerprint density at radius 3 is 2.80 bits per heavy atom. The molecule has 0 heterocycles. The van der Waals surface area contributed by atoms with Crippen molar-refractivity contribution >= 4 is 6.72 Å². The second kappa shape index (κ2) is 4.88. The molecule has 0 fully saturated rings. The molecule has 0 saturated carbocycles. The van der Waals surface area contributed by atoms with Gasteiger partial charge in [0.2, 0.25) is 0 Å². The molecule has 0 rings (SSSR count). The topological polar surface area (TPSA) is 15.6 Å². The standard InChI is InChI=1S/C7H11FN2/c1-7(4-5-9-2)6-10(3)8/h4-5H,1-2,6H2,3H3/b5-4-. The third-order valence-electron chi connectivity index (χ3n) is 0.837. The maximum Gasteiger partial charge on any atom is 0.0532 e. The summed E-state index contributed by atoms with van der Waals surface area (Å²) in [6.45, 7) is 7.00. The third kappa shape index (κ3) is 5.18. The number of aliphatic imine (C=N–C) groups is 1. The highest BCUT2D eigenvalue weighted by atomic mass is 19.2. The van der Waals surface area contributed by atoms with E-state index in [1.165, 1.54) is 13.2 Å². The van der Waals surface area contributed by atoms with Crippen LogP contribution in [-0.4, -0.2) is 25.4 Å². The first-order valence-electron chi connectivity index (χ1n) is 2.84. The van der Waals surface area contributed by atoms with Crippen molar-refractivity contribution in [3.05, 3.63) is 24.4 Å². The first-order chi connectivity index (χ1) is 4.66. The van der Waals surface area contributed by atoms with Gasteiger partial charge in [-0.25, -0.2) is 0 Å². The number of halogens is 1. The van der Waals surface area contributed by atoms with Gasteiger partial charge in [-0.15, -0.1) is 9.60 Å². The molecule has 2 nitrogen and oxygen atoms in total. The molecule has 0 aliphatic carbocycles. The van der Waals surface area contributed by atoms with E-state index in [1.807, 2.05) is 0 Å². The second-order valence-electron chi connectivity index (χ2n) is 1.92. The molecule has 0 radical (unpaired) electrons. The Labute approximate surface area is 60.3 Å². The molecule has 0 aromatic rings. The maximum atomic E-state index is 12.1. The van der Waals surface area contributed by atoms with Crippen molar-refractivity contribution in [1.29, 1.82) is 0 Å². The van der Waals surface area contributed by atoms with E-state index in [2.05, 4.69) is 18.3 Å². The van der Waals surface area contributed by atoms with Gasteiger partial charge in [0, 0.05) is 13.2 Å². The van der Waals surface area contributed by atoms with Crippen LogP contribution in [-0.2, 0) is 0 Å². The predicted octanol–water partition coefficient (Wildman–Crippen LogP) is 1.57. The highest BCUT2D eigenvalue weighted by molar-refractivity contribution is 5.27. The lowest BCUT2D eigenvalue weighted by atomic mass is 10.3. The van der Waals surface area contributed by atoms with E-state index in [0.29, 0.717) is 10.7 Å². The fourth-order valence-electron chi connectivity index (χ4n) is 0.491. The van der Waals surface area contributed by atoms with E-state index < -0.39 is 0 Å². The van der Waals surface area contributed by atoms with Crippen LogP contribution in [0.2, 0.25) is 0 Å². The molecule has 56 valence electrons. The molecule has 0 aliphatic heterocycles. The van der Waals surface area contributed by atoms with Gasteiger partial charge in [-0.05, 0) is 18.4 Å². The van der Waals surface area contributed by atoms with Crippen molar-refractivity contribution in [1.82, 2.24) is 5.12 Å². The number of hydrogen-bond acceptors (Lipinski definition) is 2. The van der Waals surface area contributed by atoms with Crippen molar-refractivity contribution in [3.63, 3.8) is 0 Å². The lowest BCUT2D eigenvalue weighted by Crippen LogP contribution is -2.08. The van der Waals surface area contributed by atoms with Crippen LogP contribution in [0.4, 0.5) is 4.48 Å². The Morgan fingerprint density at radius 2 is 2.40 bits per heavy atom. The Kier molecular flexibility index (Phi) is 4.41. The van der Waals surface area contributed by atoms with Gasteiger partial charge in [-0.3, -0.25) is 4.99 Å². The first-order valence-corrected chi connectivity index (χ1v) is 2.84. The molecule has 0 unspecified atom stereocenters. The minimum atomic E-state index is 0.200. The van der Waals surface area contributed by atoms with Gasteiger partial charge < -0.3 is 0 Å². The Hall–Kier alpha value is -0.960. The number of nitrogens with zero attached hydrogens (tertiary/aromatic N) is 2. The lowest BCUT2D eigenvalue weighted by Gasteiger charge is -2.02. The molecule has 0 aromatic heterocycles. The maximum absolute atomic E-state index is 12.1. The summed E-state index contributed by atoms with van der Waals surface area (Å²) >= 11 is 0. The minimum absolute atomic E-state index is 0.200. The fourth-order valence-corrected chi connectivity index (χ4v) is 0.491. The van der Waals surface area contributed by atoms with E-state index >= 15 is 0 Å². The van der Waals surface area contributed by atoms with Crippen LogP contribution < -0.4 is 0 Å². The van der Waals surface area contributed by atoms with Gasteiger partial charge in [0.05, 0.1) is 6.54 Å². The number of likely N-dealkylation sites (N-methyl/N-ethyl adjacent to an activating group) is 1. The zero-order chi connectivity index (χ0) is 7.98. The van der Waals surface area contributed by atoms with Crippen molar-refractivity contribution in [2.75, 3.05) is 13.6 Å². The molecule has 0 saturated heterocycles. The van der Waals surface area contributed by atoms with Crippen LogP contribution in [0.15, 0.2) is 29.4 Å². The van der Waals surface area contributed by atoms with Crippen LogP contribution in [0, 0.1) is 0 Å². The predicted molar refractivity (Wildman–Crippen MR) is 41.6 cm³/mol. The van der Waals surface area contributed by atoms with Gasteiger partial charge in [0.15, 0.2) is 0 Å². The molecule has 0 aromatic carbocycles. The zero-order valence-electron chi connectivity index (χ0n) is 6.05. The Morgan fingerprint density at radius 1 is 1.80 bits per heavy atom. The Balaban J connectivity index is 3.64. The first kappa shape index (κ1) is 9.04. The Bertz CT molecular complexity index is 150.